The second kappa shape index (κ2) is 5.81. The number of benzene rings is 1. The summed E-state index contributed by atoms with van der Waals surface area (Å²) in [6.45, 7) is 8.06. The Hall–Kier alpha value is -2.33. The first kappa shape index (κ1) is 14.6. The van der Waals surface area contributed by atoms with E-state index in [1.807, 2.05) is 37.4 Å². The molecule has 0 fully saturated rings. The van der Waals surface area contributed by atoms with Crippen LogP contribution in [0.15, 0.2) is 47.6 Å². The summed E-state index contributed by atoms with van der Waals surface area (Å²) in [6, 6.07) is 7.51. The highest BCUT2D eigenvalue weighted by atomic mass is 32.1. The third-order valence-electron chi connectivity index (χ3n) is 3.25. The summed E-state index contributed by atoms with van der Waals surface area (Å²) in [5.41, 5.74) is 2.41. The van der Waals surface area contributed by atoms with E-state index in [-0.39, 0.29) is 5.78 Å². The Morgan fingerprint density at radius 2 is 2.27 bits per heavy atom. The molecule has 0 spiro atoms. The Labute approximate surface area is 133 Å². The summed E-state index contributed by atoms with van der Waals surface area (Å²) in [6.07, 6.45) is 1.78. The van der Waals surface area contributed by atoms with E-state index in [1.54, 1.807) is 23.5 Å². The van der Waals surface area contributed by atoms with Crippen LogP contribution in [-0.2, 0) is 0 Å². The fraction of sp³-hybridized carbons (Fsp3) is 0.167. The van der Waals surface area contributed by atoms with Crippen LogP contribution >= 0.6 is 11.3 Å². The lowest BCUT2D eigenvalue weighted by Gasteiger charge is -2.08. The van der Waals surface area contributed by atoms with E-state index in [0.717, 1.165) is 16.0 Å². The Morgan fingerprint density at radius 1 is 1.45 bits per heavy atom. The van der Waals surface area contributed by atoms with E-state index in [1.165, 1.54) is 0 Å². The summed E-state index contributed by atoms with van der Waals surface area (Å²) < 4.78 is 11.4. The minimum absolute atomic E-state index is 0.0765. The lowest BCUT2D eigenvalue weighted by atomic mass is 10.0. The molecule has 2 aromatic rings. The lowest BCUT2D eigenvalue weighted by molar-refractivity contribution is 0.101. The van der Waals surface area contributed by atoms with Gasteiger partial charge in [-0.3, -0.25) is 4.79 Å². The van der Waals surface area contributed by atoms with Gasteiger partial charge in [0.2, 0.25) is 5.78 Å². The number of carbonyl (C=O) groups is 1. The molecule has 112 valence electrons. The quantitative estimate of drug-likeness (QED) is 0.610. The number of carbonyl (C=O) groups excluding carboxylic acids is 1. The topological polar surface area (TPSA) is 35.5 Å². The first-order chi connectivity index (χ1) is 10.5. The van der Waals surface area contributed by atoms with Crippen LogP contribution < -0.4 is 9.47 Å². The molecule has 4 heteroatoms. The lowest BCUT2D eigenvalue weighted by Crippen LogP contribution is -2.00. The molecule has 22 heavy (non-hydrogen) atoms. The van der Waals surface area contributed by atoms with Gasteiger partial charge in [0, 0.05) is 17.0 Å². The van der Waals surface area contributed by atoms with Gasteiger partial charge in [-0.15, -0.1) is 11.3 Å². The number of ketones is 1. The van der Waals surface area contributed by atoms with Crippen molar-refractivity contribution in [2.75, 3.05) is 6.61 Å². The van der Waals surface area contributed by atoms with E-state index in [0.29, 0.717) is 29.4 Å². The van der Waals surface area contributed by atoms with Crippen molar-refractivity contribution in [2.24, 2.45) is 0 Å². The van der Waals surface area contributed by atoms with E-state index >= 15 is 0 Å². The Morgan fingerprint density at radius 3 is 2.95 bits per heavy atom. The number of hydrogen-bond donors (Lipinski definition) is 0. The molecule has 3 rings (SSSR count). The maximum absolute atomic E-state index is 12.5. The van der Waals surface area contributed by atoms with Crippen LogP contribution in [0.2, 0.25) is 0 Å². The molecular weight excluding hydrogens is 296 g/mol. The normalized spacial score (nSPS) is 14.8. The van der Waals surface area contributed by atoms with Crippen LogP contribution in [-0.4, -0.2) is 12.4 Å². The number of allylic oxidation sites excluding steroid dienone is 1. The van der Waals surface area contributed by atoms with Gasteiger partial charge >= 0.3 is 0 Å². The number of hydrogen-bond acceptors (Lipinski definition) is 4. The third-order valence-corrected chi connectivity index (χ3v) is 4.06. The van der Waals surface area contributed by atoms with E-state index in [2.05, 4.69) is 6.58 Å². The summed E-state index contributed by atoms with van der Waals surface area (Å²) in [4.78, 5) is 13.5. The van der Waals surface area contributed by atoms with Crippen molar-refractivity contribution in [3.05, 3.63) is 63.6 Å². The Kier molecular flexibility index (Phi) is 3.86. The van der Waals surface area contributed by atoms with Gasteiger partial charge in [0.1, 0.15) is 18.1 Å². The fourth-order valence-electron chi connectivity index (χ4n) is 2.27. The molecule has 0 saturated heterocycles. The van der Waals surface area contributed by atoms with E-state index < -0.39 is 0 Å². The Balaban J connectivity index is 1.91. The van der Waals surface area contributed by atoms with Crippen LogP contribution in [0.3, 0.4) is 0 Å². The van der Waals surface area contributed by atoms with Crippen molar-refractivity contribution >= 4 is 23.2 Å². The molecule has 0 atom stereocenters. The van der Waals surface area contributed by atoms with Crippen molar-refractivity contribution in [1.82, 2.24) is 0 Å². The number of ether oxygens (including phenoxy) is 2. The molecule has 1 aliphatic rings. The first-order valence-corrected chi connectivity index (χ1v) is 7.82. The van der Waals surface area contributed by atoms with Gasteiger partial charge in [0.25, 0.3) is 0 Å². The maximum Gasteiger partial charge on any atom is 0.232 e. The van der Waals surface area contributed by atoms with Gasteiger partial charge in [-0.1, -0.05) is 12.6 Å². The van der Waals surface area contributed by atoms with Crippen molar-refractivity contribution in [3.63, 3.8) is 0 Å². The second-order valence-electron chi connectivity index (χ2n) is 5.31. The number of fused-ring (bicyclic) bond motifs is 1. The van der Waals surface area contributed by atoms with Crippen LogP contribution in [0.25, 0.3) is 6.08 Å². The second-order valence-corrected chi connectivity index (χ2v) is 6.29. The molecular formula is C18H16O3S. The third kappa shape index (κ3) is 2.83. The van der Waals surface area contributed by atoms with Gasteiger partial charge in [-0.2, -0.15) is 0 Å². The molecule has 0 N–H and O–H groups in total. The molecule has 3 nitrogen and oxygen atoms in total. The van der Waals surface area contributed by atoms with Crippen molar-refractivity contribution in [1.29, 1.82) is 0 Å². The summed E-state index contributed by atoms with van der Waals surface area (Å²) >= 11 is 1.57. The standard InChI is InChI=1S/C18H16O3S/c1-11(2)10-20-13-7-12(3)17-15(8-13)21-16(18(17)19)9-14-5-4-6-22-14/h4-9H,1,10H2,2-3H3/b16-9-. The molecule has 0 saturated carbocycles. The van der Waals surface area contributed by atoms with Gasteiger partial charge < -0.3 is 9.47 Å². The molecule has 2 heterocycles. The molecule has 0 unspecified atom stereocenters. The monoisotopic (exact) mass is 312 g/mol. The molecule has 1 aromatic carbocycles. The zero-order valence-electron chi connectivity index (χ0n) is 12.5. The summed E-state index contributed by atoms with van der Waals surface area (Å²) in [5, 5.41) is 1.97. The molecule has 1 aliphatic heterocycles. The van der Waals surface area contributed by atoms with Gasteiger partial charge in [-0.25, -0.2) is 0 Å². The number of thiophene rings is 1. The van der Waals surface area contributed by atoms with Crippen molar-refractivity contribution < 1.29 is 14.3 Å². The summed E-state index contributed by atoms with van der Waals surface area (Å²) in [5.74, 6) is 1.53. The number of aryl methyl sites for hydroxylation is 1. The van der Waals surface area contributed by atoms with Crippen LogP contribution in [0.4, 0.5) is 0 Å². The van der Waals surface area contributed by atoms with Crippen molar-refractivity contribution in [2.45, 2.75) is 13.8 Å². The molecule has 0 bridgehead atoms. The SMILES string of the molecule is C=C(C)COc1cc(C)c2c(c1)O/C(=C\c1cccs1)C2=O. The smallest absolute Gasteiger partial charge is 0.232 e. The van der Waals surface area contributed by atoms with Crippen LogP contribution in [0.5, 0.6) is 11.5 Å². The predicted octanol–water partition coefficient (Wildman–Crippen LogP) is 4.63. The van der Waals surface area contributed by atoms with E-state index in [4.69, 9.17) is 9.47 Å². The predicted molar refractivity (Wildman–Crippen MR) is 88.7 cm³/mol. The first-order valence-electron chi connectivity index (χ1n) is 6.94. The zero-order valence-corrected chi connectivity index (χ0v) is 13.3. The molecule has 0 amide bonds. The summed E-state index contributed by atoms with van der Waals surface area (Å²) in [7, 11) is 0. The maximum atomic E-state index is 12.5. The van der Waals surface area contributed by atoms with Gasteiger partial charge in [-0.05, 0) is 42.5 Å². The van der Waals surface area contributed by atoms with Crippen LogP contribution in [0, 0.1) is 6.92 Å². The van der Waals surface area contributed by atoms with Gasteiger partial charge in [0.15, 0.2) is 5.76 Å². The van der Waals surface area contributed by atoms with Gasteiger partial charge in [0.05, 0.1) is 5.56 Å². The number of rotatable bonds is 4. The van der Waals surface area contributed by atoms with E-state index in [9.17, 15) is 4.79 Å². The Bertz CT molecular complexity index is 770. The van der Waals surface area contributed by atoms with Crippen molar-refractivity contribution in [3.8, 4) is 11.5 Å². The molecule has 0 aliphatic carbocycles. The zero-order chi connectivity index (χ0) is 15.7. The molecule has 0 radical (unpaired) electrons. The average Bonchev–Trinajstić information content (AvgIpc) is 3.06. The van der Waals surface area contributed by atoms with Crippen LogP contribution in [0.1, 0.15) is 27.7 Å². The average molecular weight is 312 g/mol. The minimum Gasteiger partial charge on any atom is -0.489 e. The minimum atomic E-state index is -0.0765. The highest BCUT2D eigenvalue weighted by Gasteiger charge is 2.30. The molecule has 1 aromatic heterocycles. The highest BCUT2D eigenvalue weighted by Crippen LogP contribution is 2.37. The fourth-order valence-corrected chi connectivity index (χ4v) is 2.92. The largest absolute Gasteiger partial charge is 0.489 e. The number of Topliss-reactive ketones (excluding diaryl/α,β-unsaturated/α-hetero) is 1. The highest BCUT2D eigenvalue weighted by molar-refractivity contribution is 7.10.